The lowest BCUT2D eigenvalue weighted by molar-refractivity contribution is 0.0556. The number of likely N-dealkylation sites (tertiary alicyclic amines) is 1. The molecule has 0 aromatic carbocycles. The first kappa shape index (κ1) is 16.8. The molecule has 1 amide bonds. The smallest absolute Gasteiger partial charge is 0.255 e. The summed E-state index contributed by atoms with van der Waals surface area (Å²) in [5.41, 5.74) is 0.800. The van der Waals surface area contributed by atoms with Gasteiger partial charge in [-0.1, -0.05) is 0 Å². The van der Waals surface area contributed by atoms with Crippen molar-refractivity contribution in [1.29, 1.82) is 0 Å². The summed E-state index contributed by atoms with van der Waals surface area (Å²) in [7, 11) is 1.61. The summed E-state index contributed by atoms with van der Waals surface area (Å²) in [6, 6.07) is 5.53. The van der Waals surface area contributed by atoms with Crippen LogP contribution in [0.2, 0.25) is 0 Å². The van der Waals surface area contributed by atoms with Crippen molar-refractivity contribution in [2.75, 3.05) is 38.2 Å². The van der Waals surface area contributed by atoms with Gasteiger partial charge in [-0.15, -0.1) is 0 Å². The number of carbonyl (C=O) groups excluding carboxylic acids is 1. The summed E-state index contributed by atoms with van der Waals surface area (Å²) in [6.07, 6.45) is 8.13. The third-order valence-corrected chi connectivity index (χ3v) is 5.46. The van der Waals surface area contributed by atoms with E-state index in [1.807, 2.05) is 23.1 Å². The van der Waals surface area contributed by atoms with Crippen LogP contribution in [-0.4, -0.2) is 59.0 Å². The maximum absolute atomic E-state index is 12.8. The fourth-order valence-electron chi connectivity index (χ4n) is 4.13. The number of piperidine rings is 1. The van der Waals surface area contributed by atoms with Crippen LogP contribution < -0.4 is 9.64 Å². The molecule has 0 bridgehead atoms. The van der Waals surface area contributed by atoms with Gasteiger partial charge in [0.1, 0.15) is 12.1 Å². The first-order valence-corrected chi connectivity index (χ1v) is 8.99. The van der Waals surface area contributed by atoms with E-state index in [1.165, 1.54) is 6.33 Å². The van der Waals surface area contributed by atoms with Crippen molar-refractivity contribution in [3.05, 3.63) is 42.5 Å². The van der Waals surface area contributed by atoms with Crippen LogP contribution in [0.1, 0.15) is 29.6 Å². The molecule has 2 aromatic heterocycles. The first-order valence-electron chi connectivity index (χ1n) is 8.99. The average Bonchev–Trinajstić information content (AvgIpc) is 3.11. The van der Waals surface area contributed by atoms with E-state index < -0.39 is 0 Å². The standard InChI is InChI=1S/C19H23N5O2/c1-26-17-10-16(21-14-22-17)23-9-6-19(12-23)5-3-8-24(13-19)18(25)15-4-2-7-20-11-15/h2,4,7,10-11,14H,3,5-6,8-9,12-13H2,1H3. The van der Waals surface area contributed by atoms with Crippen LogP contribution in [0.5, 0.6) is 5.88 Å². The molecular formula is C19H23N5O2. The highest BCUT2D eigenvalue weighted by molar-refractivity contribution is 5.94. The summed E-state index contributed by atoms with van der Waals surface area (Å²) in [4.78, 5) is 29.6. The fourth-order valence-corrected chi connectivity index (χ4v) is 4.13. The van der Waals surface area contributed by atoms with E-state index in [4.69, 9.17) is 4.74 Å². The summed E-state index contributed by atoms with van der Waals surface area (Å²) >= 11 is 0. The molecule has 2 aliphatic rings. The monoisotopic (exact) mass is 353 g/mol. The van der Waals surface area contributed by atoms with E-state index in [2.05, 4.69) is 19.9 Å². The van der Waals surface area contributed by atoms with Gasteiger partial charge in [-0.25, -0.2) is 9.97 Å². The largest absolute Gasteiger partial charge is 0.481 e. The highest BCUT2D eigenvalue weighted by atomic mass is 16.5. The van der Waals surface area contributed by atoms with Gasteiger partial charge in [-0.05, 0) is 31.4 Å². The molecule has 4 rings (SSSR count). The zero-order valence-electron chi connectivity index (χ0n) is 15.0. The van der Waals surface area contributed by atoms with E-state index in [9.17, 15) is 4.79 Å². The van der Waals surface area contributed by atoms with Crippen LogP contribution in [0.25, 0.3) is 0 Å². The second-order valence-electron chi connectivity index (χ2n) is 7.16. The van der Waals surface area contributed by atoms with Gasteiger partial charge in [0.15, 0.2) is 0 Å². The molecule has 0 N–H and O–H groups in total. The fraction of sp³-hybridized carbons (Fsp3) is 0.474. The maximum Gasteiger partial charge on any atom is 0.255 e. The zero-order valence-corrected chi connectivity index (χ0v) is 15.0. The van der Waals surface area contributed by atoms with Gasteiger partial charge >= 0.3 is 0 Å². The lowest BCUT2D eigenvalue weighted by Gasteiger charge is -2.40. The van der Waals surface area contributed by atoms with E-state index in [1.54, 1.807) is 19.5 Å². The van der Waals surface area contributed by atoms with Crippen molar-refractivity contribution < 1.29 is 9.53 Å². The Balaban J connectivity index is 1.48. The van der Waals surface area contributed by atoms with Crippen molar-refractivity contribution in [2.45, 2.75) is 19.3 Å². The summed E-state index contributed by atoms with van der Waals surface area (Å²) in [5.74, 6) is 1.55. The maximum atomic E-state index is 12.8. The second kappa shape index (κ2) is 6.90. The van der Waals surface area contributed by atoms with Gasteiger partial charge < -0.3 is 14.5 Å². The van der Waals surface area contributed by atoms with Crippen LogP contribution in [0.4, 0.5) is 5.82 Å². The van der Waals surface area contributed by atoms with Crippen LogP contribution in [0.3, 0.4) is 0 Å². The number of ether oxygens (including phenoxy) is 1. The third-order valence-electron chi connectivity index (χ3n) is 5.46. The predicted octanol–water partition coefficient (Wildman–Crippen LogP) is 2.01. The van der Waals surface area contributed by atoms with Crippen molar-refractivity contribution >= 4 is 11.7 Å². The average molecular weight is 353 g/mol. The molecule has 0 radical (unpaired) electrons. The van der Waals surface area contributed by atoms with Crippen molar-refractivity contribution in [1.82, 2.24) is 19.9 Å². The molecule has 26 heavy (non-hydrogen) atoms. The molecule has 7 heteroatoms. The van der Waals surface area contributed by atoms with Crippen molar-refractivity contribution in [3.63, 3.8) is 0 Å². The van der Waals surface area contributed by atoms with E-state index in [0.717, 1.165) is 51.3 Å². The molecule has 2 fully saturated rings. The third kappa shape index (κ3) is 3.21. The number of rotatable bonds is 3. The van der Waals surface area contributed by atoms with Gasteiger partial charge in [-0.3, -0.25) is 9.78 Å². The molecule has 1 unspecified atom stereocenters. The molecule has 2 aliphatic heterocycles. The number of aromatic nitrogens is 3. The minimum absolute atomic E-state index is 0.0827. The van der Waals surface area contributed by atoms with Gasteiger partial charge in [0, 0.05) is 50.1 Å². The van der Waals surface area contributed by atoms with Crippen LogP contribution in [0.15, 0.2) is 36.9 Å². The van der Waals surface area contributed by atoms with E-state index in [0.29, 0.717) is 11.4 Å². The van der Waals surface area contributed by atoms with Crippen LogP contribution in [-0.2, 0) is 0 Å². The topological polar surface area (TPSA) is 71.5 Å². The second-order valence-corrected chi connectivity index (χ2v) is 7.16. The SMILES string of the molecule is COc1cc(N2CCC3(CCCN(C(=O)c4cccnc4)C3)C2)ncn1. The summed E-state index contributed by atoms with van der Waals surface area (Å²) in [5, 5.41) is 0. The molecule has 1 spiro atoms. The lowest BCUT2D eigenvalue weighted by atomic mass is 9.79. The number of nitrogens with zero attached hydrogens (tertiary/aromatic N) is 5. The highest BCUT2D eigenvalue weighted by Gasteiger charge is 2.43. The summed E-state index contributed by atoms with van der Waals surface area (Å²) in [6.45, 7) is 3.45. The highest BCUT2D eigenvalue weighted by Crippen LogP contribution is 2.40. The van der Waals surface area contributed by atoms with Gasteiger partial charge in [0.2, 0.25) is 5.88 Å². The minimum Gasteiger partial charge on any atom is -0.481 e. The number of pyridine rings is 1. The number of anilines is 1. The van der Waals surface area contributed by atoms with Gasteiger partial charge in [0.05, 0.1) is 12.7 Å². The first-order chi connectivity index (χ1) is 12.7. The Hall–Kier alpha value is -2.70. The quantitative estimate of drug-likeness (QED) is 0.841. The molecule has 0 saturated carbocycles. The van der Waals surface area contributed by atoms with E-state index in [-0.39, 0.29) is 11.3 Å². The Kier molecular flexibility index (Phi) is 4.44. The molecule has 7 nitrogen and oxygen atoms in total. The number of amides is 1. The molecule has 136 valence electrons. The van der Waals surface area contributed by atoms with Crippen molar-refractivity contribution in [2.24, 2.45) is 5.41 Å². The predicted molar refractivity (Wildman–Crippen MR) is 97.2 cm³/mol. The number of methoxy groups -OCH3 is 1. The van der Waals surface area contributed by atoms with Crippen molar-refractivity contribution in [3.8, 4) is 5.88 Å². The Labute approximate surface area is 153 Å². The molecule has 1 atom stereocenters. The summed E-state index contributed by atoms with van der Waals surface area (Å²) < 4.78 is 5.21. The van der Waals surface area contributed by atoms with E-state index >= 15 is 0 Å². The molecule has 0 aliphatic carbocycles. The molecule has 2 saturated heterocycles. The Bertz CT molecular complexity index is 785. The Morgan fingerprint density at radius 3 is 2.96 bits per heavy atom. The molecule has 2 aromatic rings. The Morgan fingerprint density at radius 1 is 1.23 bits per heavy atom. The lowest BCUT2D eigenvalue weighted by Crippen LogP contribution is -2.47. The molecule has 4 heterocycles. The number of hydrogen-bond donors (Lipinski definition) is 0. The number of carbonyl (C=O) groups is 1. The van der Waals surface area contributed by atoms with Gasteiger partial charge in [0.25, 0.3) is 5.91 Å². The molecular weight excluding hydrogens is 330 g/mol. The zero-order chi connectivity index (χ0) is 18.0. The van der Waals surface area contributed by atoms with Crippen LogP contribution >= 0.6 is 0 Å². The minimum atomic E-state index is 0.0827. The normalized spacial score (nSPS) is 22.7. The van der Waals surface area contributed by atoms with Crippen LogP contribution in [0, 0.1) is 5.41 Å². The number of hydrogen-bond acceptors (Lipinski definition) is 6. The Morgan fingerprint density at radius 2 is 2.15 bits per heavy atom. The van der Waals surface area contributed by atoms with Gasteiger partial charge in [-0.2, -0.15) is 0 Å².